The van der Waals surface area contributed by atoms with Gasteiger partial charge >= 0.3 is 5.69 Å². The number of ether oxygens (including phenoxy) is 2. The topological polar surface area (TPSA) is 108 Å². The van der Waals surface area contributed by atoms with E-state index in [1.165, 1.54) is 7.11 Å². The Morgan fingerprint density at radius 2 is 2.17 bits per heavy atom. The molecule has 0 heterocycles. The molecule has 2 rings (SSSR count). The second kappa shape index (κ2) is 6.87. The number of hydrogen-bond acceptors (Lipinski definition) is 6. The highest BCUT2D eigenvalue weighted by atomic mass is 32.2. The second-order valence-corrected chi connectivity index (χ2v) is 6.68. The van der Waals surface area contributed by atoms with Crippen LogP contribution in [-0.4, -0.2) is 45.3 Å². The normalized spacial score (nSPS) is 24.2. The summed E-state index contributed by atoms with van der Waals surface area (Å²) in [5.41, 5.74) is -1.07. The zero-order valence-corrected chi connectivity index (χ0v) is 13.4. The van der Waals surface area contributed by atoms with E-state index in [2.05, 4.69) is 4.72 Å². The standard InChI is InChI=1S/C13H17FN2O6S/c1-3-22-10-7-9(13(10)21-2)15-23(19,20)11-6-4-5-8(14)12(11)16(17)18/h4-6,9-10,13,15H,3,7H2,1-2H3/t9-,10+,13+/m0/s1. The van der Waals surface area contributed by atoms with Crippen molar-refractivity contribution in [3.05, 3.63) is 34.1 Å². The lowest BCUT2D eigenvalue weighted by molar-refractivity contribution is -0.390. The fourth-order valence-electron chi connectivity index (χ4n) is 2.54. The molecule has 3 atom stereocenters. The Labute approximate surface area is 132 Å². The number of nitro benzene ring substituents is 1. The van der Waals surface area contributed by atoms with Gasteiger partial charge in [0.15, 0.2) is 4.90 Å². The van der Waals surface area contributed by atoms with Crippen molar-refractivity contribution in [3.8, 4) is 0 Å². The van der Waals surface area contributed by atoms with Gasteiger partial charge in [0, 0.05) is 13.7 Å². The fourth-order valence-corrected chi connectivity index (χ4v) is 3.98. The largest absolute Gasteiger partial charge is 0.377 e. The molecule has 1 fully saturated rings. The second-order valence-electron chi connectivity index (χ2n) is 5.00. The molecule has 1 saturated carbocycles. The SMILES string of the molecule is CCO[C@@H]1C[C@H](NS(=O)(=O)c2cccc(F)c2[N+](=O)[O-])[C@H]1OC. The summed E-state index contributed by atoms with van der Waals surface area (Å²) in [6.07, 6.45) is -0.383. The molecule has 1 aliphatic rings. The predicted molar refractivity (Wildman–Crippen MR) is 78.0 cm³/mol. The summed E-state index contributed by atoms with van der Waals surface area (Å²) in [4.78, 5) is 9.18. The van der Waals surface area contributed by atoms with Gasteiger partial charge in [-0.05, 0) is 25.5 Å². The molecule has 10 heteroatoms. The maximum atomic E-state index is 13.6. The number of sulfonamides is 1. The molecule has 128 valence electrons. The molecule has 0 unspecified atom stereocenters. The van der Waals surface area contributed by atoms with E-state index in [1.807, 2.05) is 0 Å². The van der Waals surface area contributed by atoms with Gasteiger partial charge in [0.1, 0.15) is 0 Å². The highest BCUT2D eigenvalue weighted by molar-refractivity contribution is 7.89. The molecule has 1 N–H and O–H groups in total. The number of nitrogens with one attached hydrogen (secondary N) is 1. The Morgan fingerprint density at radius 1 is 1.48 bits per heavy atom. The van der Waals surface area contributed by atoms with E-state index in [0.717, 1.165) is 18.2 Å². The minimum absolute atomic E-state index is 0.250. The molecule has 0 saturated heterocycles. The molecular weight excluding hydrogens is 331 g/mol. The fraction of sp³-hybridized carbons (Fsp3) is 0.538. The van der Waals surface area contributed by atoms with Crippen LogP contribution in [0.3, 0.4) is 0 Å². The monoisotopic (exact) mass is 348 g/mol. The number of para-hydroxylation sites is 1. The van der Waals surface area contributed by atoms with Gasteiger partial charge in [-0.1, -0.05) is 6.07 Å². The average molecular weight is 348 g/mol. The van der Waals surface area contributed by atoms with Crippen LogP contribution in [0, 0.1) is 15.9 Å². The molecule has 0 aromatic heterocycles. The van der Waals surface area contributed by atoms with Gasteiger partial charge < -0.3 is 9.47 Å². The van der Waals surface area contributed by atoms with Crippen LogP contribution in [0.15, 0.2) is 23.1 Å². The first kappa shape index (κ1) is 17.7. The smallest absolute Gasteiger partial charge is 0.324 e. The average Bonchev–Trinajstić information content (AvgIpc) is 2.45. The lowest BCUT2D eigenvalue weighted by Gasteiger charge is -2.42. The van der Waals surface area contributed by atoms with E-state index in [9.17, 15) is 22.9 Å². The molecule has 0 spiro atoms. The molecule has 0 amide bonds. The van der Waals surface area contributed by atoms with E-state index in [1.54, 1.807) is 6.92 Å². The molecule has 0 bridgehead atoms. The molecule has 23 heavy (non-hydrogen) atoms. The lowest BCUT2D eigenvalue weighted by Crippen LogP contribution is -2.60. The van der Waals surface area contributed by atoms with Crippen LogP contribution in [0.4, 0.5) is 10.1 Å². The number of nitrogens with zero attached hydrogens (tertiary/aromatic N) is 1. The first-order valence-corrected chi connectivity index (χ1v) is 8.39. The summed E-state index contributed by atoms with van der Waals surface area (Å²) in [5.74, 6) is -1.21. The van der Waals surface area contributed by atoms with Crippen LogP contribution in [0.25, 0.3) is 0 Å². The van der Waals surface area contributed by atoms with Crippen molar-refractivity contribution < 1.29 is 27.2 Å². The summed E-state index contributed by atoms with van der Waals surface area (Å²) in [6.45, 7) is 2.26. The van der Waals surface area contributed by atoms with E-state index in [-0.39, 0.29) is 6.10 Å². The van der Waals surface area contributed by atoms with Gasteiger partial charge in [0.25, 0.3) is 0 Å². The lowest BCUT2D eigenvalue weighted by atomic mass is 9.86. The van der Waals surface area contributed by atoms with Crippen LogP contribution in [0.1, 0.15) is 13.3 Å². The first-order valence-electron chi connectivity index (χ1n) is 6.91. The van der Waals surface area contributed by atoms with Crippen molar-refractivity contribution in [2.75, 3.05) is 13.7 Å². The zero-order chi connectivity index (χ0) is 17.2. The van der Waals surface area contributed by atoms with Crippen molar-refractivity contribution in [2.24, 2.45) is 0 Å². The van der Waals surface area contributed by atoms with Gasteiger partial charge in [-0.25, -0.2) is 13.1 Å². The van der Waals surface area contributed by atoms with E-state index < -0.39 is 43.5 Å². The van der Waals surface area contributed by atoms with Crippen molar-refractivity contribution in [1.29, 1.82) is 0 Å². The third-order valence-corrected chi connectivity index (χ3v) is 5.15. The van der Waals surface area contributed by atoms with Crippen LogP contribution in [0.2, 0.25) is 0 Å². The Morgan fingerprint density at radius 3 is 2.74 bits per heavy atom. The van der Waals surface area contributed by atoms with E-state index in [0.29, 0.717) is 13.0 Å². The van der Waals surface area contributed by atoms with Crippen molar-refractivity contribution >= 4 is 15.7 Å². The summed E-state index contributed by atoms with van der Waals surface area (Å²) in [7, 11) is -2.85. The Bertz CT molecular complexity index is 696. The minimum Gasteiger partial charge on any atom is -0.377 e. The van der Waals surface area contributed by atoms with Gasteiger partial charge in [-0.15, -0.1) is 0 Å². The van der Waals surface area contributed by atoms with Gasteiger partial charge in [0.2, 0.25) is 15.8 Å². The van der Waals surface area contributed by atoms with Gasteiger partial charge in [0.05, 0.1) is 23.2 Å². The molecule has 0 radical (unpaired) electrons. The number of methoxy groups -OCH3 is 1. The van der Waals surface area contributed by atoms with Crippen molar-refractivity contribution in [3.63, 3.8) is 0 Å². The van der Waals surface area contributed by atoms with Gasteiger partial charge in [-0.2, -0.15) is 4.39 Å². The number of rotatable bonds is 7. The molecule has 8 nitrogen and oxygen atoms in total. The Kier molecular flexibility index (Phi) is 5.30. The summed E-state index contributed by atoms with van der Waals surface area (Å²) in [5, 5.41) is 10.9. The maximum absolute atomic E-state index is 13.6. The molecule has 1 aliphatic carbocycles. The predicted octanol–water partition coefficient (Wildman–Crippen LogP) is 1.20. The highest BCUT2D eigenvalue weighted by Gasteiger charge is 2.45. The number of nitro groups is 1. The summed E-state index contributed by atoms with van der Waals surface area (Å²) < 4.78 is 51.2. The molecule has 1 aromatic rings. The minimum atomic E-state index is -4.27. The quantitative estimate of drug-likeness (QED) is 0.586. The van der Waals surface area contributed by atoms with Crippen molar-refractivity contribution in [2.45, 2.75) is 36.5 Å². The molecule has 1 aromatic carbocycles. The number of halogens is 1. The third kappa shape index (κ3) is 3.50. The molecule has 0 aliphatic heterocycles. The Hall–Kier alpha value is -1.62. The number of hydrogen-bond donors (Lipinski definition) is 1. The highest BCUT2D eigenvalue weighted by Crippen LogP contribution is 2.31. The zero-order valence-electron chi connectivity index (χ0n) is 12.6. The van der Waals surface area contributed by atoms with Crippen LogP contribution in [0.5, 0.6) is 0 Å². The van der Waals surface area contributed by atoms with Gasteiger partial charge in [-0.3, -0.25) is 10.1 Å². The van der Waals surface area contributed by atoms with Crippen molar-refractivity contribution in [1.82, 2.24) is 4.72 Å². The number of benzene rings is 1. The summed E-state index contributed by atoms with van der Waals surface area (Å²) >= 11 is 0. The van der Waals surface area contributed by atoms with E-state index in [4.69, 9.17) is 9.47 Å². The first-order chi connectivity index (χ1) is 10.8. The van der Waals surface area contributed by atoms with Crippen LogP contribution < -0.4 is 4.72 Å². The summed E-state index contributed by atoms with van der Waals surface area (Å²) in [6, 6.07) is 2.34. The maximum Gasteiger partial charge on any atom is 0.324 e. The Balaban J connectivity index is 2.24. The third-order valence-electron chi connectivity index (χ3n) is 3.63. The molecular formula is C13H17FN2O6S. The van der Waals surface area contributed by atoms with E-state index >= 15 is 0 Å². The van der Waals surface area contributed by atoms with Crippen LogP contribution >= 0.6 is 0 Å². The van der Waals surface area contributed by atoms with Crippen LogP contribution in [-0.2, 0) is 19.5 Å².